The summed E-state index contributed by atoms with van der Waals surface area (Å²) in [6.45, 7) is 1.73. The summed E-state index contributed by atoms with van der Waals surface area (Å²) in [6, 6.07) is 6.71. The Morgan fingerprint density at radius 3 is 3.06 bits per heavy atom. The molecule has 1 aromatic carbocycles. The highest BCUT2D eigenvalue weighted by atomic mass is 16.5. The first-order valence-electron chi connectivity index (χ1n) is 6.49. The van der Waals surface area contributed by atoms with Crippen LogP contribution in [-0.2, 0) is 11.2 Å². The first-order chi connectivity index (χ1) is 8.34. The third-order valence-corrected chi connectivity index (χ3v) is 3.84. The molecule has 17 heavy (non-hydrogen) atoms. The van der Waals surface area contributed by atoms with E-state index in [-0.39, 0.29) is 0 Å². The van der Waals surface area contributed by atoms with Crippen molar-refractivity contribution in [2.75, 3.05) is 13.2 Å². The standard InChI is InChI=1S/C14H19NO2/c16-14-5-1-4-11-12(14)6-7-13(11)15-10-3-2-8-17-9-10/h1,4-5,10,13,15-16H,2-3,6-9H2. The molecule has 0 amide bonds. The number of rotatable bonds is 2. The van der Waals surface area contributed by atoms with Crippen molar-refractivity contribution in [3.05, 3.63) is 29.3 Å². The first-order valence-corrected chi connectivity index (χ1v) is 6.49. The van der Waals surface area contributed by atoms with Crippen molar-refractivity contribution in [2.45, 2.75) is 37.8 Å². The fraction of sp³-hybridized carbons (Fsp3) is 0.571. The highest BCUT2D eigenvalue weighted by Crippen LogP contribution is 2.36. The molecule has 0 saturated carbocycles. The Labute approximate surface area is 102 Å². The Kier molecular flexibility index (Phi) is 3.04. The van der Waals surface area contributed by atoms with Crippen molar-refractivity contribution in [2.24, 2.45) is 0 Å². The van der Waals surface area contributed by atoms with Gasteiger partial charge in [-0.2, -0.15) is 0 Å². The predicted octanol–water partition coefficient (Wildman–Crippen LogP) is 2.15. The second-order valence-corrected chi connectivity index (χ2v) is 5.02. The lowest BCUT2D eigenvalue weighted by molar-refractivity contribution is 0.0663. The average molecular weight is 233 g/mol. The number of phenolic OH excluding ortho intramolecular Hbond substituents is 1. The number of fused-ring (bicyclic) bond motifs is 1. The summed E-state index contributed by atoms with van der Waals surface area (Å²) in [6.07, 6.45) is 4.42. The minimum absolute atomic E-state index is 0.392. The minimum atomic E-state index is 0.392. The fourth-order valence-corrected chi connectivity index (χ4v) is 2.96. The Hall–Kier alpha value is -1.06. The number of ether oxygens (including phenoxy) is 1. The maximum atomic E-state index is 9.80. The molecular weight excluding hydrogens is 214 g/mol. The number of hydrogen-bond donors (Lipinski definition) is 2. The highest BCUT2D eigenvalue weighted by molar-refractivity contribution is 5.44. The van der Waals surface area contributed by atoms with Gasteiger partial charge in [0, 0.05) is 18.7 Å². The molecule has 3 rings (SSSR count). The van der Waals surface area contributed by atoms with Gasteiger partial charge in [-0.25, -0.2) is 0 Å². The van der Waals surface area contributed by atoms with Crippen LogP contribution in [0.15, 0.2) is 18.2 Å². The molecule has 1 aliphatic heterocycles. The number of nitrogens with one attached hydrogen (secondary N) is 1. The Bertz CT molecular complexity index is 399. The molecule has 0 bridgehead atoms. The quantitative estimate of drug-likeness (QED) is 0.822. The van der Waals surface area contributed by atoms with Crippen LogP contribution in [-0.4, -0.2) is 24.4 Å². The van der Waals surface area contributed by atoms with Gasteiger partial charge < -0.3 is 15.2 Å². The molecule has 1 aliphatic carbocycles. The molecule has 3 heteroatoms. The molecule has 1 fully saturated rings. The highest BCUT2D eigenvalue weighted by Gasteiger charge is 2.27. The number of aromatic hydroxyl groups is 1. The molecular formula is C14H19NO2. The van der Waals surface area contributed by atoms with Crippen molar-refractivity contribution in [3.8, 4) is 5.75 Å². The number of phenols is 1. The van der Waals surface area contributed by atoms with Gasteiger partial charge in [0.05, 0.1) is 6.61 Å². The van der Waals surface area contributed by atoms with Crippen molar-refractivity contribution in [1.29, 1.82) is 0 Å². The summed E-state index contributed by atoms with van der Waals surface area (Å²) in [5.74, 6) is 0.451. The maximum absolute atomic E-state index is 9.80. The molecule has 0 radical (unpaired) electrons. The molecule has 1 heterocycles. The fourth-order valence-electron chi connectivity index (χ4n) is 2.96. The summed E-state index contributed by atoms with van der Waals surface area (Å²) in [5, 5.41) is 13.5. The third-order valence-electron chi connectivity index (χ3n) is 3.84. The van der Waals surface area contributed by atoms with E-state index in [1.165, 1.54) is 12.0 Å². The van der Waals surface area contributed by atoms with Crippen LogP contribution in [0.2, 0.25) is 0 Å². The van der Waals surface area contributed by atoms with Gasteiger partial charge in [0.2, 0.25) is 0 Å². The van der Waals surface area contributed by atoms with Crippen molar-refractivity contribution in [3.63, 3.8) is 0 Å². The van der Waals surface area contributed by atoms with Crippen LogP contribution in [0.3, 0.4) is 0 Å². The Morgan fingerprint density at radius 2 is 2.24 bits per heavy atom. The van der Waals surface area contributed by atoms with E-state index in [2.05, 4.69) is 11.4 Å². The summed E-state index contributed by atoms with van der Waals surface area (Å²) in [5.41, 5.74) is 2.40. The van der Waals surface area contributed by atoms with Gasteiger partial charge >= 0.3 is 0 Å². The Morgan fingerprint density at radius 1 is 1.29 bits per heavy atom. The van der Waals surface area contributed by atoms with E-state index in [0.29, 0.717) is 17.8 Å². The molecule has 2 atom stereocenters. The summed E-state index contributed by atoms with van der Waals surface area (Å²) >= 11 is 0. The lowest BCUT2D eigenvalue weighted by atomic mass is 10.0. The van der Waals surface area contributed by atoms with Crippen molar-refractivity contribution in [1.82, 2.24) is 5.32 Å². The van der Waals surface area contributed by atoms with E-state index < -0.39 is 0 Å². The second-order valence-electron chi connectivity index (χ2n) is 5.02. The SMILES string of the molecule is Oc1cccc2c1CCC2NC1CCCOC1. The lowest BCUT2D eigenvalue weighted by Crippen LogP contribution is -2.38. The van der Waals surface area contributed by atoms with Crippen LogP contribution < -0.4 is 5.32 Å². The predicted molar refractivity (Wildman–Crippen MR) is 66.1 cm³/mol. The van der Waals surface area contributed by atoms with E-state index in [1.807, 2.05) is 6.07 Å². The minimum Gasteiger partial charge on any atom is -0.508 e. The van der Waals surface area contributed by atoms with E-state index in [9.17, 15) is 5.11 Å². The zero-order valence-corrected chi connectivity index (χ0v) is 9.98. The average Bonchev–Trinajstić information content (AvgIpc) is 2.76. The van der Waals surface area contributed by atoms with Gasteiger partial charge in [-0.05, 0) is 42.9 Å². The summed E-state index contributed by atoms with van der Waals surface area (Å²) in [7, 11) is 0. The molecule has 0 aromatic heterocycles. The molecule has 3 nitrogen and oxygen atoms in total. The van der Waals surface area contributed by atoms with Crippen LogP contribution in [0.25, 0.3) is 0 Å². The zero-order chi connectivity index (χ0) is 11.7. The van der Waals surface area contributed by atoms with Gasteiger partial charge in [0.25, 0.3) is 0 Å². The normalized spacial score (nSPS) is 28.0. The molecule has 92 valence electrons. The summed E-state index contributed by atoms with van der Waals surface area (Å²) < 4.78 is 5.49. The van der Waals surface area contributed by atoms with Gasteiger partial charge in [-0.3, -0.25) is 0 Å². The van der Waals surface area contributed by atoms with E-state index in [4.69, 9.17) is 4.74 Å². The number of benzene rings is 1. The lowest BCUT2D eigenvalue weighted by Gasteiger charge is -2.27. The van der Waals surface area contributed by atoms with Gasteiger partial charge in [-0.15, -0.1) is 0 Å². The summed E-state index contributed by atoms with van der Waals surface area (Å²) in [4.78, 5) is 0. The van der Waals surface area contributed by atoms with Crippen LogP contribution in [0, 0.1) is 0 Å². The van der Waals surface area contributed by atoms with Crippen LogP contribution >= 0.6 is 0 Å². The topological polar surface area (TPSA) is 41.5 Å². The van der Waals surface area contributed by atoms with Crippen LogP contribution in [0.5, 0.6) is 5.75 Å². The molecule has 2 unspecified atom stereocenters. The molecule has 1 saturated heterocycles. The van der Waals surface area contributed by atoms with Gasteiger partial charge in [0.15, 0.2) is 0 Å². The maximum Gasteiger partial charge on any atom is 0.119 e. The van der Waals surface area contributed by atoms with E-state index in [0.717, 1.165) is 38.0 Å². The monoisotopic (exact) mass is 233 g/mol. The molecule has 2 N–H and O–H groups in total. The van der Waals surface area contributed by atoms with Crippen molar-refractivity contribution < 1.29 is 9.84 Å². The van der Waals surface area contributed by atoms with Crippen molar-refractivity contribution >= 4 is 0 Å². The third kappa shape index (κ3) is 2.17. The van der Waals surface area contributed by atoms with E-state index in [1.54, 1.807) is 6.07 Å². The van der Waals surface area contributed by atoms with Gasteiger partial charge in [-0.1, -0.05) is 12.1 Å². The number of hydrogen-bond acceptors (Lipinski definition) is 3. The van der Waals surface area contributed by atoms with Crippen LogP contribution in [0.1, 0.15) is 36.4 Å². The van der Waals surface area contributed by atoms with E-state index >= 15 is 0 Å². The molecule has 2 aliphatic rings. The van der Waals surface area contributed by atoms with Gasteiger partial charge in [0.1, 0.15) is 5.75 Å². The first kappa shape index (κ1) is 11.1. The zero-order valence-electron chi connectivity index (χ0n) is 9.98. The van der Waals surface area contributed by atoms with Crippen LogP contribution in [0.4, 0.5) is 0 Å². The largest absolute Gasteiger partial charge is 0.508 e. The molecule has 1 aromatic rings. The second kappa shape index (κ2) is 4.67. The smallest absolute Gasteiger partial charge is 0.119 e. The Balaban J connectivity index is 1.72. The molecule has 0 spiro atoms.